The zero-order chi connectivity index (χ0) is 42.1. The maximum absolute atomic E-state index is 6.14. The molecular formula is C54H60IrN4OSi-2. The minimum Gasteiger partial charge on any atom is -0.486 e. The molecule has 1 aliphatic carbocycles. The van der Waals surface area contributed by atoms with Gasteiger partial charge in [-0.05, 0) is 76.4 Å². The molecule has 0 bridgehead atoms. The van der Waals surface area contributed by atoms with Crippen LogP contribution >= 0.6 is 0 Å². The number of hydrogen-bond donors (Lipinski definition) is 0. The van der Waals surface area contributed by atoms with Crippen molar-refractivity contribution in [1.29, 1.82) is 0 Å². The Hall–Kier alpha value is -4.68. The van der Waals surface area contributed by atoms with E-state index in [1.807, 2.05) is 18.2 Å². The van der Waals surface area contributed by atoms with Crippen molar-refractivity contribution in [2.45, 2.75) is 117 Å². The maximum Gasteiger partial charge on any atom is 0.216 e. The van der Waals surface area contributed by atoms with Crippen molar-refractivity contribution in [2.75, 3.05) is 0 Å². The molecule has 0 spiro atoms. The Morgan fingerprint density at radius 3 is 2.13 bits per heavy atom. The molecule has 8 aromatic rings. The standard InChI is InChI=1S/C33H32N3O.C21H28NSi.Ir/c1-19(2)23-10-9-11-24(20(3)4)31(23)36-29-13-8-7-12-28(29)34-32(36)22-14-17-30-26(18-22)25-15-16-27(21(5)6)35-33(25)37-30;1-23(2,3)21-16-22-20(18-12-8-5-9-13-18)15-19(21)14-17-10-6-4-7-11-17;/h7-13,15-21H,1-6H3;5,8-9,12,15-17H,4,6-7,10-11,14H2,1-3H3;/q2*-1;. The second kappa shape index (κ2) is 18.7. The summed E-state index contributed by atoms with van der Waals surface area (Å²) in [6, 6.07) is 40.7. The van der Waals surface area contributed by atoms with E-state index in [4.69, 9.17) is 19.4 Å². The van der Waals surface area contributed by atoms with Crippen molar-refractivity contribution >= 4 is 46.4 Å². The van der Waals surface area contributed by atoms with E-state index >= 15 is 0 Å². The molecule has 1 aliphatic rings. The molecule has 9 rings (SSSR count). The zero-order valence-corrected chi connectivity index (χ0v) is 40.8. The van der Waals surface area contributed by atoms with Gasteiger partial charge in [-0.3, -0.25) is 4.98 Å². The Kier molecular flexibility index (Phi) is 13.6. The third-order valence-corrected chi connectivity index (χ3v) is 14.3. The van der Waals surface area contributed by atoms with Crippen LogP contribution in [0.2, 0.25) is 19.6 Å². The van der Waals surface area contributed by atoms with Crippen molar-refractivity contribution in [1.82, 2.24) is 19.5 Å². The molecule has 0 aliphatic heterocycles. The van der Waals surface area contributed by atoms with Crippen molar-refractivity contribution in [2.24, 2.45) is 5.92 Å². The van der Waals surface area contributed by atoms with Crippen LogP contribution in [-0.4, -0.2) is 27.6 Å². The smallest absolute Gasteiger partial charge is 0.216 e. The van der Waals surface area contributed by atoms with Gasteiger partial charge in [0, 0.05) is 43.1 Å². The summed E-state index contributed by atoms with van der Waals surface area (Å²) in [6.45, 7) is 20.6. The van der Waals surface area contributed by atoms with E-state index in [0.29, 0.717) is 23.5 Å². The number of para-hydroxylation sites is 3. The van der Waals surface area contributed by atoms with Crippen molar-refractivity contribution in [3.8, 4) is 28.3 Å². The summed E-state index contributed by atoms with van der Waals surface area (Å²) >= 11 is 0. The van der Waals surface area contributed by atoms with Crippen LogP contribution in [0.3, 0.4) is 0 Å². The summed E-state index contributed by atoms with van der Waals surface area (Å²) in [4.78, 5) is 14.7. The van der Waals surface area contributed by atoms with E-state index in [0.717, 1.165) is 61.6 Å². The second-order valence-electron chi connectivity index (χ2n) is 18.8. The molecule has 7 heteroatoms. The summed E-state index contributed by atoms with van der Waals surface area (Å²) < 4.78 is 8.48. The van der Waals surface area contributed by atoms with Crippen LogP contribution in [0.25, 0.3) is 61.4 Å². The molecule has 0 N–H and O–H groups in total. The maximum atomic E-state index is 6.14. The number of rotatable bonds is 9. The number of nitrogens with zero attached hydrogens (tertiary/aromatic N) is 4. The number of furan rings is 1. The predicted octanol–water partition coefficient (Wildman–Crippen LogP) is 14.4. The van der Waals surface area contributed by atoms with Gasteiger partial charge in [0.15, 0.2) is 0 Å². The molecule has 0 amide bonds. The number of imidazole rings is 1. The van der Waals surface area contributed by atoms with Gasteiger partial charge >= 0.3 is 0 Å². The van der Waals surface area contributed by atoms with Crippen LogP contribution in [0.5, 0.6) is 0 Å². The fourth-order valence-corrected chi connectivity index (χ4v) is 10.6. The van der Waals surface area contributed by atoms with E-state index in [1.54, 1.807) is 10.8 Å². The van der Waals surface area contributed by atoms with E-state index in [1.165, 1.54) is 55.3 Å². The van der Waals surface area contributed by atoms with E-state index in [-0.39, 0.29) is 20.1 Å². The van der Waals surface area contributed by atoms with Gasteiger partial charge in [0.05, 0.1) is 30.5 Å². The quantitative estimate of drug-likeness (QED) is 0.107. The van der Waals surface area contributed by atoms with Crippen LogP contribution in [0.4, 0.5) is 0 Å². The molecule has 0 atom stereocenters. The number of aromatic nitrogens is 4. The summed E-state index contributed by atoms with van der Waals surface area (Å²) in [5.74, 6) is 2.84. The average Bonchev–Trinajstić information content (AvgIpc) is 3.81. The Bertz CT molecular complexity index is 2730. The Balaban J connectivity index is 0.000000202. The van der Waals surface area contributed by atoms with Crippen LogP contribution in [0.1, 0.15) is 114 Å². The SMILES string of the molecule is CC(C)c1ccc2c(n1)oc1c[c-]c(-c3nc4ccccc4n3-c3c(C(C)C)cccc3C(C)C)cc12.C[Si](C)(C)c1cnc(-c2[c-]cccc2)cc1CC1CCCCC1.[Ir]. The third-order valence-electron chi connectivity index (χ3n) is 12.3. The van der Waals surface area contributed by atoms with Crippen molar-refractivity contribution in [3.05, 3.63) is 138 Å². The van der Waals surface area contributed by atoms with E-state index in [2.05, 4.69) is 163 Å². The Labute approximate surface area is 377 Å². The first kappa shape index (κ1) is 44.4. The second-order valence-corrected chi connectivity index (χ2v) is 23.8. The molecule has 61 heavy (non-hydrogen) atoms. The van der Waals surface area contributed by atoms with Gasteiger partial charge in [0.1, 0.15) is 0 Å². The molecule has 317 valence electrons. The normalized spacial score (nSPS) is 13.6. The van der Waals surface area contributed by atoms with Crippen molar-refractivity contribution < 1.29 is 24.5 Å². The molecule has 4 heterocycles. The van der Waals surface area contributed by atoms with Gasteiger partial charge in [-0.2, -0.15) is 0 Å². The molecular weight excluding hydrogens is 941 g/mol. The molecule has 0 unspecified atom stereocenters. The molecule has 4 aromatic carbocycles. The largest absolute Gasteiger partial charge is 0.486 e. The molecule has 4 aromatic heterocycles. The Morgan fingerprint density at radius 2 is 1.46 bits per heavy atom. The first-order valence-corrected chi connectivity index (χ1v) is 25.7. The van der Waals surface area contributed by atoms with Crippen LogP contribution in [0.15, 0.2) is 108 Å². The summed E-state index contributed by atoms with van der Waals surface area (Å²) in [5.41, 5.74) is 13.1. The van der Waals surface area contributed by atoms with Crippen LogP contribution in [0, 0.1) is 18.1 Å². The van der Waals surface area contributed by atoms with Gasteiger partial charge < -0.3 is 14.0 Å². The van der Waals surface area contributed by atoms with Gasteiger partial charge in [0.25, 0.3) is 0 Å². The molecule has 0 saturated heterocycles. The Morgan fingerprint density at radius 1 is 0.738 bits per heavy atom. The predicted molar refractivity (Wildman–Crippen MR) is 254 cm³/mol. The number of pyridine rings is 2. The average molecular weight is 1000 g/mol. The fourth-order valence-electron chi connectivity index (χ4n) is 9.01. The number of hydrogen-bond acceptors (Lipinski definition) is 4. The topological polar surface area (TPSA) is 56.7 Å². The van der Waals surface area contributed by atoms with Gasteiger partial charge in [-0.25, -0.2) is 4.98 Å². The summed E-state index contributed by atoms with van der Waals surface area (Å²) in [6.07, 6.45) is 10.5. The van der Waals surface area contributed by atoms with Crippen LogP contribution in [-0.2, 0) is 26.5 Å². The summed E-state index contributed by atoms with van der Waals surface area (Å²) in [5, 5.41) is 3.59. The van der Waals surface area contributed by atoms with Crippen molar-refractivity contribution in [3.63, 3.8) is 0 Å². The van der Waals surface area contributed by atoms with E-state index < -0.39 is 8.07 Å². The molecule has 1 fully saturated rings. The minimum absolute atomic E-state index is 0. The molecule has 1 saturated carbocycles. The third kappa shape index (κ3) is 9.40. The van der Waals surface area contributed by atoms with Gasteiger partial charge in [0.2, 0.25) is 5.71 Å². The van der Waals surface area contributed by atoms with Gasteiger partial charge in [-0.1, -0.05) is 141 Å². The van der Waals surface area contributed by atoms with Crippen LogP contribution < -0.4 is 5.19 Å². The first-order valence-electron chi connectivity index (χ1n) is 22.2. The first-order chi connectivity index (χ1) is 28.9. The summed E-state index contributed by atoms with van der Waals surface area (Å²) in [7, 11) is -1.36. The zero-order valence-electron chi connectivity index (χ0n) is 37.4. The monoisotopic (exact) mass is 1000 g/mol. The fraction of sp³-hybridized carbons (Fsp3) is 0.352. The minimum atomic E-state index is -1.36. The number of benzene rings is 4. The number of fused-ring (bicyclic) bond motifs is 4. The van der Waals surface area contributed by atoms with E-state index in [9.17, 15) is 0 Å². The van der Waals surface area contributed by atoms with Gasteiger partial charge in [-0.15, -0.1) is 59.7 Å². The molecule has 1 radical (unpaired) electrons. The molecule has 5 nitrogen and oxygen atoms in total.